The highest BCUT2D eigenvalue weighted by Gasteiger charge is 2.48. The Labute approximate surface area is 203 Å². The van der Waals surface area contributed by atoms with Gasteiger partial charge in [-0.05, 0) is 43.9 Å². The zero-order valence-electron chi connectivity index (χ0n) is 20.3. The Balaban J connectivity index is 1.23. The number of likely N-dealkylation sites (tertiary alicyclic amines) is 1. The molecule has 1 N–H and O–H groups in total. The second-order valence-electron chi connectivity index (χ2n) is 10.4. The molecule has 1 amide bonds. The lowest BCUT2D eigenvalue weighted by atomic mass is 9.72. The first-order valence-electron chi connectivity index (χ1n) is 12.7. The van der Waals surface area contributed by atoms with Crippen LogP contribution in [0.2, 0.25) is 0 Å². The van der Waals surface area contributed by atoms with Crippen LogP contribution < -0.4 is 4.90 Å². The molecule has 0 bridgehead atoms. The van der Waals surface area contributed by atoms with Crippen LogP contribution in [0.3, 0.4) is 0 Å². The topological polar surface area (TPSA) is 56.3 Å². The minimum Gasteiger partial charge on any atom is -0.387 e. The Morgan fingerprint density at radius 1 is 0.941 bits per heavy atom. The maximum absolute atomic E-state index is 14.0. The molecule has 1 atom stereocenters. The molecule has 3 aliphatic heterocycles. The van der Waals surface area contributed by atoms with E-state index in [1.165, 1.54) is 11.3 Å². The van der Waals surface area contributed by atoms with Gasteiger partial charge in [-0.3, -0.25) is 9.69 Å². The number of para-hydroxylation sites is 1. The summed E-state index contributed by atoms with van der Waals surface area (Å²) in [6.07, 6.45) is 2.04. The van der Waals surface area contributed by atoms with Crippen molar-refractivity contribution in [3.8, 4) is 0 Å². The maximum Gasteiger partial charge on any atom is 0.233 e. The van der Waals surface area contributed by atoms with Crippen LogP contribution in [0.1, 0.15) is 30.4 Å². The third-order valence-electron chi connectivity index (χ3n) is 7.96. The number of nitrogens with zero attached hydrogens (tertiary/aromatic N) is 3. The van der Waals surface area contributed by atoms with Gasteiger partial charge in [0.1, 0.15) is 0 Å². The van der Waals surface area contributed by atoms with Gasteiger partial charge in [-0.25, -0.2) is 0 Å². The van der Waals surface area contributed by atoms with Crippen LogP contribution in [-0.2, 0) is 14.9 Å². The molecule has 182 valence electrons. The number of carbonyl (C=O) groups is 1. The van der Waals surface area contributed by atoms with E-state index in [1.807, 2.05) is 17.0 Å². The number of amides is 1. The van der Waals surface area contributed by atoms with E-state index in [2.05, 4.69) is 59.2 Å². The number of piperazine rings is 1. The number of rotatable bonds is 5. The highest BCUT2D eigenvalue weighted by atomic mass is 16.5. The molecule has 6 nitrogen and oxygen atoms in total. The first kappa shape index (κ1) is 23.3. The Morgan fingerprint density at radius 3 is 2.38 bits per heavy atom. The lowest BCUT2D eigenvalue weighted by Crippen LogP contribution is -2.54. The summed E-state index contributed by atoms with van der Waals surface area (Å²) in [6, 6.07) is 18.9. The number of aryl methyl sites for hydroxylation is 1. The highest BCUT2D eigenvalue weighted by molar-refractivity contribution is 5.89. The molecule has 6 heteroatoms. The molecule has 3 saturated heterocycles. The monoisotopic (exact) mass is 463 g/mol. The van der Waals surface area contributed by atoms with Gasteiger partial charge in [0.05, 0.1) is 17.6 Å². The number of benzene rings is 2. The lowest BCUT2D eigenvalue weighted by molar-refractivity contribution is -0.141. The SMILES string of the molecule is Cc1cccc(C2(C(=O)N3CC[C@@](O)(CN4CCN(c5ccccc5)CC4)C3)CCOCC2)c1. The molecule has 2 aromatic rings. The molecule has 2 aromatic carbocycles. The van der Waals surface area contributed by atoms with Crippen molar-refractivity contribution in [2.24, 2.45) is 0 Å². The van der Waals surface area contributed by atoms with Crippen molar-refractivity contribution in [1.82, 2.24) is 9.80 Å². The average Bonchev–Trinajstić information content (AvgIpc) is 3.26. The van der Waals surface area contributed by atoms with E-state index in [0.29, 0.717) is 52.1 Å². The minimum absolute atomic E-state index is 0.159. The van der Waals surface area contributed by atoms with E-state index in [4.69, 9.17) is 4.74 Å². The number of hydrogen-bond donors (Lipinski definition) is 1. The largest absolute Gasteiger partial charge is 0.387 e. The van der Waals surface area contributed by atoms with E-state index in [0.717, 1.165) is 31.7 Å². The molecule has 3 fully saturated rings. The molecular weight excluding hydrogens is 426 g/mol. The number of β-amino-alcohol motifs (C(OH)–C–C–N with tert-alkyl or cyclic N) is 1. The van der Waals surface area contributed by atoms with Crippen molar-refractivity contribution in [2.45, 2.75) is 37.2 Å². The van der Waals surface area contributed by atoms with Gasteiger partial charge in [0.2, 0.25) is 5.91 Å². The quantitative estimate of drug-likeness (QED) is 0.739. The van der Waals surface area contributed by atoms with Crippen LogP contribution in [0, 0.1) is 6.92 Å². The molecule has 0 spiro atoms. The van der Waals surface area contributed by atoms with E-state index >= 15 is 0 Å². The number of hydrogen-bond acceptors (Lipinski definition) is 5. The Kier molecular flexibility index (Phi) is 6.65. The molecular formula is C28H37N3O3. The van der Waals surface area contributed by atoms with Crippen LogP contribution in [0.25, 0.3) is 0 Å². The zero-order chi connectivity index (χ0) is 23.6. The fourth-order valence-electron chi connectivity index (χ4n) is 5.97. The van der Waals surface area contributed by atoms with Crippen molar-refractivity contribution < 1.29 is 14.6 Å². The summed E-state index contributed by atoms with van der Waals surface area (Å²) >= 11 is 0. The minimum atomic E-state index is -0.844. The lowest BCUT2D eigenvalue weighted by Gasteiger charge is -2.40. The van der Waals surface area contributed by atoms with E-state index in [-0.39, 0.29) is 5.91 Å². The molecule has 34 heavy (non-hydrogen) atoms. The first-order chi connectivity index (χ1) is 16.5. The van der Waals surface area contributed by atoms with Gasteiger partial charge in [-0.15, -0.1) is 0 Å². The van der Waals surface area contributed by atoms with E-state index < -0.39 is 11.0 Å². The van der Waals surface area contributed by atoms with Gasteiger partial charge >= 0.3 is 0 Å². The van der Waals surface area contributed by atoms with Crippen LogP contribution in [0.5, 0.6) is 0 Å². The summed E-state index contributed by atoms with van der Waals surface area (Å²) in [4.78, 5) is 20.6. The van der Waals surface area contributed by atoms with Gasteiger partial charge in [0, 0.05) is 58.2 Å². The third kappa shape index (κ3) is 4.72. The number of aliphatic hydroxyl groups is 1. The van der Waals surface area contributed by atoms with Crippen molar-refractivity contribution >= 4 is 11.6 Å². The van der Waals surface area contributed by atoms with Crippen molar-refractivity contribution in [3.05, 3.63) is 65.7 Å². The van der Waals surface area contributed by atoms with E-state index in [9.17, 15) is 9.90 Å². The van der Waals surface area contributed by atoms with Crippen molar-refractivity contribution in [1.29, 1.82) is 0 Å². The van der Waals surface area contributed by atoms with Crippen LogP contribution in [-0.4, -0.2) is 85.4 Å². The number of ether oxygens (including phenoxy) is 1. The standard InChI is InChI=1S/C28H37N3O3/c1-23-6-5-7-24(20-23)28(11-18-34-19-12-28)26(32)31-13-10-27(33,22-31)21-29-14-16-30(17-15-29)25-8-3-2-4-9-25/h2-9,20,33H,10-19,21-22H2,1H3/t27-/m1/s1. The zero-order valence-corrected chi connectivity index (χ0v) is 20.3. The van der Waals surface area contributed by atoms with Crippen molar-refractivity contribution in [3.63, 3.8) is 0 Å². The maximum atomic E-state index is 14.0. The highest BCUT2D eigenvalue weighted by Crippen LogP contribution is 2.39. The van der Waals surface area contributed by atoms with Crippen molar-refractivity contribution in [2.75, 3.05) is 63.9 Å². The summed E-state index contributed by atoms with van der Waals surface area (Å²) in [5.74, 6) is 0.159. The summed E-state index contributed by atoms with van der Waals surface area (Å²) < 4.78 is 5.64. The van der Waals surface area contributed by atoms with Crippen LogP contribution in [0.4, 0.5) is 5.69 Å². The van der Waals surface area contributed by atoms with Crippen LogP contribution in [0.15, 0.2) is 54.6 Å². The summed E-state index contributed by atoms with van der Waals surface area (Å²) in [7, 11) is 0. The van der Waals surface area contributed by atoms with Gasteiger partial charge in [0.25, 0.3) is 0 Å². The smallest absolute Gasteiger partial charge is 0.233 e. The summed E-state index contributed by atoms with van der Waals surface area (Å²) in [5, 5.41) is 11.5. The van der Waals surface area contributed by atoms with Gasteiger partial charge in [-0.1, -0.05) is 48.0 Å². The van der Waals surface area contributed by atoms with Crippen LogP contribution >= 0.6 is 0 Å². The normalized spacial score (nSPS) is 25.5. The number of carbonyl (C=O) groups excluding carboxylic acids is 1. The fraction of sp³-hybridized carbons (Fsp3) is 0.536. The molecule has 3 aliphatic rings. The Bertz CT molecular complexity index is 983. The van der Waals surface area contributed by atoms with E-state index in [1.54, 1.807) is 0 Å². The van der Waals surface area contributed by atoms with Gasteiger partial charge < -0.3 is 19.6 Å². The predicted molar refractivity (Wildman–Crippen MR) is 134 cm³/mol. The predicted octanol–water partition coefficient (Wildman–Crippen LogP) is 2.83. The molecule has 0 radical (unpaired) electrons. The Morgan fingerprint density at radius 2 is 1.68 bits per heavy atom. The second kappa shape index (κ2) is 9.68. The third-order valence-corrected chi connectivity index (χ3v) is 7.96. The summed E-state index contributed by atoms with van der Waals surface area (Å²) in [6.45, 7) is 8.71. The number of anilines is 1. The first-order valence-corrected chi connectivity index (χ1v) is 12.7. The second-order valence-corrected chi connectivity index (χ2v) is 10.4. The molecule has 3 heterocycles. The average molecular weight is 464 g/mol. The van der Waals surface area contributed by atoms with Gasteiger partial charge in [-0.2, -0.15) is 0 Å². The molecule has 5 rings (SSSR count). The molecule has 0 unspecified atom stereocenters. The Hall–Kier alpha value is -2.41. The molecule has 0 saturated carbocycles. The van der Waals surface area contributed by atoms with Gasteiger partial charge in [0.15, 0.2) is 0 Å². The molecule has 0 aliphatic carbocycles. The summed E-state index contributed by atoms with van der Waals surface area (Å²) in [5.41, 5.74) is 2.13. The fourth-order valence-corrected chi connectivity index (χ4v) is 5.97. The molecule has 0 aromatic heterocycles.